The van der Waals surface area contributed by atoms with E-state index in [2.05, 4.69) is 15.9 Å². The Bertz CT molecular complexity index is 1260. The summed E-state index contributed by atoms with van der Waals surface area (Å²) in [6, 6.07) is 9.44. The minimum Gasteiger partial charge on any atom is -0.493 e. The fraction of sp³-hybridized carbons (Fsp3) is 0.292. The summed E-state index contributed by atoms with van der Waals surface area (Å²) in [7, 11) is 1.46. The number of thioether (sulfide) groups is 1. The summed E-state index contributed by atoms with van der Waals surface area (Å²) in [6.07, 6.45) is 3.41. The molecule has 2 aromatic rings. The van der Waals surface area contributed by atoms with Crippen molar-refractivity contribution in [2.24, 2.45) is 0 Å². The van der Waals surface area contributed by atoms with Gasteiger partial charge in [0.2, 0.25) is 5.91 Å². The first-order valence-corrected chi connectivity index (χ1v) is 12.6. The van der Waals surface area contributed by atoms with E-state index in [1.54, 1.807) is 35.2 Å². The van der Waals surface area contributed by atoms with Gasteiger partial charge in [0.15, 0.2) is 11.5 Å². The van der Waals surface area contributed by atoms with Crippen molar-refractivity contribution in [3.8, 4) is 11.5 Å². The molecule has 0 radical (unpaired) electrons. The molecule has 4 rings (SSSR count). The third-order valence-electron chi connectivity index (χ3n) is 5.71. The third-order valence-corrected chi connectivity index (χ3v) is 7.31. The molecular formula is C24H22BrN3O7S. The molecule has 2 saturated heterocycles. The van der Waals surface area contributed by atoms with Gasteiger partial charge < -0.3 is 14.4 Å². The highest BCUT2D eigenvalue weighted by Gasteiger charge is 2.37. The van der Waals surface area contributed by atoms with Crippen LogP contribution in [0.5, 0.6) is 11.5 Å². The van der Waals surface area contributed by atoms with Crippen molar-refractivity contribution in [1.82, 2.24) is 9.80 Å². The van der Waals surface area contributed by atoms with Crippen LogP contribution in [-0.2, 0) is 16.2 Å². The average Bonchev–Trinajstić information content (AvgIpc) is 3.49. The van der Waals surface area contributed by atoms with Gasteiger partial charge in [0.25, 0.3) is 16.8 Å². The van der Waals surface area contributed by atoms with Gasteiger partial charge in [-0.1, -0.05) is 28.1 Å². The number of methoxy groups -OCH3 is 1. The lowest BCUT2D eigenvalue weighted by Crippen LogP contribution is -2.40. The summed E-state index contributed by atoms with van der Waals surface area (Å²) < 4.78 is 11.8. The fourth-order valence-corrected chi connectivity index (χ4v) is 5.10. The highest BCUT2D eigenvalue weighted by Crippen LogP contribution is 2.38. The molecule has 0 spiro atoms. The molecule has 0 aliphatic carbocycles. The second-order valence-electron chi connectivity index (χ2n) is 8.10. The zero-order valence-electron chi connectivity index (χ0n) is 19.3. The number of nitrogens with zero attached hydrogens (tertiary/aromatic N) is 3. The van der Waals surface area contributed by atoms with Gasteiger partial charge in [-0.3, -0.25) is 29.4 Å². The van der Waals surface area contributed by atoms with Gasteiger partial charge in [0.1, 0.15) is 13.2 Å². The Kier molecular flexibility index (Phi) is 7.94. The Morgan fingerprint density at radius 1 is 1.19 bits per heavy atom. The van der Waals surface area contributed by atoms with Crippen molar-refractivity contribution in [1.29, 1.82) is 0 Å². The van der Waals surface area contributed by atoms with Crippen molar-refractivity contribution >= 4 is 56.5 Å². The number of carbonyl (C=O) groups excluding carboxylic acids is 3. The Labute approximate surface area is 219 Å². The molecular weight excluding hydrogens is 554 g/mol. The Morgan fingerprint density at radius 2 is 1.94 bits per heavy atom. The first-order chi connectivity index (χ1) is 17.3. The number of non-ortho nitro benzene ring substituents is 1. The average molecular weight is 576 g/mol. The molecule has 10 nitrogen and oxygen atoms in total. The van der Waals surface area contributed by atoms with E-state index in [-0.39, 0.29) is 29.7 Å². The SMILES string of the molecule is COc1cc(/C=C2/SC(=O)N(CC(=O)N3CCCC3)C2=O)c(Br)cc1OCc1cccc([N+](=O)[O-])c1. The van der Waals surface area contributed by atoms with Crippen LogP contribution < -0.4 is 9.47 Å². The molecule has 0 aromatic heterocycles. The molecule has 0 unspecified atom stereocenters. The number of imide groups is 1. The summed E-state index contributed by atoms with van der Waals surface area (Å²) in [4.78, 5) is 51.1. The number of hydrogen-bond donors (Lipinski definition) is 0. The molecule has 0 bridgehead atoms. The van der Waals surface area contributed by atoms with Crippen LogP contribution in [0.4, 0.5) is 10.5 Å². The van der Waals surface area contributed by atoms with E-state index in [4.69, 9.17) is 9.47 Å². The number of amides is 3. The number of hydrogen-bond acceptors (Lipinski definition) is 8. The van der Waals surface area contributed by atoms with Gasteiger partial charge in [-0.15, -0.1) is 0 Å². The van der Waals surface area contributed by atoms with Gasteiger partial charge in [-0.2, -0.15) is 0 Å². The van der Waals surface area contributed by atoms with E-state index in [1.807, 2.05) is 0 Å². The lowest BCUT2D eigenvalue weighted by atomic mass is 10.1. The highest BCUT2D eigenvalue weighted by atomic mass is 79.9. The number of nitro groups is 1. The molecule has 0 atom stereocenters. The molecule has 3 amide bonds. The Hall–Kier alpha value is -3.38. The van der Waals surface area contributed by atoms with E-state index < -0.39 is 16.1 Å². The lowest BCUT2D eigenvalue weighted by molar-refractivity contribution is -0.384. The minimum atomic E-state index is -0.519. The first kappa shape index (κ1) is 25.7. The summed E-state index contributed by atoms with van der Waals surface area (Å²) in [5.74, 6) is 0.00854. The van der Waals surface area contributed by atoms with Crippen LogP contribution in [0.2, 0.25) is 0 Å². The summed E-state index contributed by atoms with van der Waals surface area (Å²) >= 11 is 4.24. The molecule has 2 heterocycles. The highest BCUT2D eigenvalue weighted by molar-refractivity contribution is 9.10. The number of benzene rings is 2. The van der Waals surface area contributed by atoms with Crippen LogP contribution in [0.3, 0.4) is 0 Å². The molecule has 2 aliphatic heterocycles. The van der Waals surface area contributed by atoms with Crippen LogP contribution in [-0.4, -0.2) is 58.5 Å². The normalized spacial score (nSPS) is 16.7. The van der Waals surface area contributed by atoms with E-state index in [0.29, 0.717) is 40.2 Å². The van der Waals surface area contributed by atoms with Crippen molar-refractivity contribution in [3.05, 3.63) is 67.0 Å². The smallest absolute Gasteiger partial charge is 0.294 e. The van der Waals surface area contributed by atoms with E-state index in [0.717, 1.165) is 29.5 Å². The molecule has 36 heavy (non-hydrogen) atoms. The van der Waals surface area contributed by atoms with Crippen molar-refractivity contribution in [3.63, 3.8) is 0 Å². The number of nitro benzene ring substituents is 1. The van der Waals surface area contributed by atoms with Crippen molar-refractivity contribution in [2.45, 2.75) is 19.4 Å². The topological polar surface area (TPSA) is 119 Å². The van der Waals surface area contributed by atoms with E-state index in [1.165, 1.54) is 19.2 Å². The predicted molar refractivity (Wildman–Crippen MR) is 137 cm³/mol. The fourth-order valence-electron chi connectivity index (χ4n) is 3.83. The van der Waals surface area contributed by atoms with Gasteiger partial charge in [-0.25, -0.2) is 0 Å². The molecule has 2 aromatic carbocycles. The third kappa shape index (κ3) is 5.71. The number of rotatable bonds is 8. The molecule has 0 N–H and O–H groups in total. The standard InChI is InChI=1S/C24H22BrN3O7S/c1-34-19-10-16(18(25)12-20(19)35-14-15-5-4-6-17(9-15)28(32)33)11-21-23(30)27(24(31)36-21)13-22(29)26-7-2-3-8-26/h4-6,9-12H,2-3,7-8,13-14H2,1H3/b21-11+. The van der Waals surface area contributed by atoms with Crippen LogP contribution >= 0.6 is 27.7 Å². The van der Waals surface area contributed by atoms with Crippen LogP contribution in [0, 0.1) is 10.1 Å². The van der Waals surface area contributed by atoms with E-state index >= 15 is 0 Å². The summed E-state index contributed by atoms with van der Waals surface area (Å²) in [5, 5.41) is 10.5. The first-order valence-electron chi connectivity index (χ1n) is 11.0. The monoisotopic (exact) mass is 575 g/mol. The Balaban J connectivity index is 1.49. The molecule has 188 valence electrons. The van der Waals surface area contributed by atoms with Gasteiger partial charge in [-0.05, 0) is 53.9 Å². The summed E-state index contributed by atoms with van der Waals surface area (Å²) in [6.45, 7) is 1.10. The number of likely N-dealkylation sites (tertiary alicyclic amines) is 1. The number of halogens is 1. The zero-order chi connectivity index (χ0) is 25.8. The zero-order valence-corrected chi connectivity index (χ0v) is 21.7. The van der Waals surface area contributed by atoms with Crippen LogP contribution in [0.25, 0.3) is 6.08 Å². The largest absolute Gasteiger partial charge is 0.493 e. The lowest BCUT2D eigenvalue weighted by Gasteiger charge is -2.18. The van der Waals surface area contributed by atoms with Crippen molar-refractivity contribution < 1.29 is 28.8 Å². The maximum atomic E-state index is 12.9. The molecule has 2 aliphatic rings. The van der Waals surface area contributed by atoms with Gasteiger partial charge >= 0.3 is 0 Å². The van der Waals surface area contributed by atoms with E-state index in [9.17, 15) is 24.5 Å². The molecule has 0 saturated carbocycles. The van der Waals surface area contributed by atoms with Crippen LogP contribution in [0.15, 0.2) is 45.8 Å². The van der Waals surface area contributed by atoms with Crippen LogP contribution in [0.1, 0.15) is 24.0 Å². The van der Waals surface area contributed by atoms with Gasteiger partial charge in [0.05, 0.1) is 16.9 Å². The number of ether oxygens (including phenoxy) is 2. The van der Waals surface area contributed by atoms with Gasteiger partial charge in [0, 0.05) is 29.7 Å². The second kappa shape index (κ2) is 11.1. The second-order valence-corrected chi connectivity index (χ2v) is 9.94. The molecule has 2 fully saturated rings. The predicted octanol–water partition coefficient (Wildman–Crippen LogP) is 4.60. The number of carbonyl (C=O) groups is 3. The minimum absolute atomic E-state index is 0.0318. The molecule has 12 heteroatoms. The maximum Gasteiger partial charge on any atom is 0.294 e. The van der Waals surface area contributed by atoms with Crippen molar-refractivity contribution in [2.75, 3.05) is 26.7 Å². The Morgan fingerprint density at radius 3 is 2.64 bits per heavy atom. The maximum absolute atomic E-state index is 12.9. The summed E-state index contributed by atoms with van der Waals surface area (Å²) in [5.41, 5.74) is 1.16. The quantitative estimate of drug-likeness (QED) is 0.254.